The minimum absolute atomic E-state index is 0.147. The minimum atomic E-state index is -0.174. The van der Waals surface area contributed by atoms with Crippen molar-refractivity contribution in [2.75, 3.05) is 25.0 Å². The van der Waals surface area contributed by atoms with Gasteiger partial charge in [-0.1, -0.05) is 0 Å². The molecule has 6 nitrogen and oxygen atoms in total. The zero-order valence-electron chi connectivity index (χ0n) is 11.3. The molecular weight excluding hydrogens is 326 g/mol. The van der Waals surface area contributed by atoms with Crippen LogP contribution in [0.5, 0.6) is 0 Å². The lowest BCUT2D eigenvalue weighted by Gasteiger charge is -2.31. The van der Waals surface area contributed by atoms with Gasteiger partial charge < -0.3 is 19.9 Å². The van der Waals surface area contributed by atoms with E-state index in [9.17, 15) is 9.59 Å². The maximum atomic E-state index is 12.1. The van der Waals surface area contributed by atoms with Gasteiger partial charge in [-0.15, -0.1) is 0 Å². The second-order valence-electron chi connectivity index (χ2n) is 5.04. The van der Waals surface area contributed by atoms with Gasteiger partial charge in [0, 0.05) is 32.9 Å². The lowest BCUT2D eigenvalue weighted by Crippen LogP contribution is -2.41. The van der Waals surface area contributed by atoms with E-state index in [2.05, 4.69) is 21.2 Å². The number of amides is 2. The molecule has 0 aromatic carbocycles. The van der Waals surface area contributed by atoms with Gasteiger partial charge >= 0.3 is 6.03 Å². The van der Waals surface area contributed by atoms with Crippen LogP contribution in [0.2, 0.25) is 0 Å². The monoisotopic (exact) mass is 343 g/mol. The lowest BCUT2D eigenvalue weighted by atomic mass is 9.98. The summed E-state index contributed by atoms with van der Waals surface area (Å²) in [6, 6.07) is 1.42. The van der Waals surface area contributed by atoms with Crippen LogP contribution in [0.1, 0.15) is 12.8 Å². The van der Waals surface area contributed by atoms with Crippen molar-refractivity contribution in [2.45, 2.75) is 12.8 Å². The molecule has 2 N–H and O–H groups in total. The Morgan fingerprint density at radius 3 is 2.70 bits per heavy atom. The molecule has 0 unspecified atom stereocenters. The van der Waals surface area contributed by atoms with Crippen molar-refractivity contribution < 1.29 is 9.90 Å². The molecule has 1 saturated heterocycles. The van der Waals surface area contributed by atoms with Crippen LogP contribution < -0.4 is 10.9 Å². The molecule has 110 valence electrons. The van der Waals surface area contributed by atoms with Gasteiger partial charge in [0.1, 0.15) is 0 Å². The first-order valence-corrected chi connectivity index (χ1v) is 7.33. The van der Waals surface area contributed by atoms with E-state index in [1.165, 1.54) is 4.57 Å². The molecule has 2 rings (SSSR count). The number of aromatic nitrogens is 1. The maximum Gasteiger partial charge on any atom is 0.321 e. The van der Waals surface area contributed by atoms with E-state index in [0.717, 1.165) is 12.8 Å². The van der Waals surface area contributed by atoms with Gasteiger partial charge in [0.25, 0.3) is 5.56 Å². The number of aliphatic hydroxyl groups is 1. The zero-order chi connectivity index (χ0) is 14.7. The van der Waals surface area contributed by atoms with E-state index < -0.39 is 0 Å². The molecule has 1 aliphatic heterocycles. The summed E-state index contributed by atoms with van der Waals surface area (Å²) in [6.45, 7) is 1.47. The summed E-state index contributed by atoms with van der Waals surface area (Å²) in [5.74, 6) is 0.297. The summed E-state index contributed by atoms with van der Waals surface area (Å²) in [7, 11) is 1.63. The summed E-state index contributed by atoms with van der Waals surface area (Å²) in [6.07, 6.45) is 3.23. The average molecular weight is 344 g/mol. The fourth-order valence-electron chi connectivity index (χ4n) is 2.26. The van der Waals surface area contributed by atoms with E-state index in [0.29, 0.717) is 29.2 Å². The van der Waals surface area contributed by atoms with E-state index in [4.69, 9.17) is 5.11 Å². The third kappa shape index (κ3) is 3.40. The number of hydrogen-bond donors (Lipinski definition) is 2. The second-order valence-corrected chi connectivity index (χ2v) is 5.89. The van der Waals surface area contributed by atoms with Gasteiger partial charge in [0.05, 0.1) is 10.2 Å². The van der Waals surface area contributed by atoms with Crippen LogP contribution in [-0.4, -0.2) is 40.3 Å². The number of aliphatic hydroxyl groups excluding tert-OH is 1. The fraction of sp³-hybridized carbons (Fsp3) is 0.538. The number of carbonyl (C=O) groups is 1. The molecule has 0 atom stereocenters. The standard InChI is InChI=1S/C13H18BrN3O3/c1-16-7-10(6-11(14)12(16)19)15-13(20)17-4-2-9(8-18)3-5-17/h6-7,9,18H,2-5,8H2,1H3,(H,15,20). The number of carbonyl (C=O) groups excluding carboxylic acids is 1. The highest BCUT2D eigenvalue weighted by molar-refractivity contribution is 9.10. The molecule has 20 heavy (non-hydrogen) atoms. The van der Waals surface area contributed by atoms with Crippen molar-refractivity contribution in [1.82, 2.24) is 9.47 Å². The van der Waals surface area contributed by atoms with Crippen molar-refractivity contribution in [1.29, 1.82) is 0 Å². The Kier molecular flexibility index (Phi) is 4.82. The van der Waals surface area contributed by atoms with Crippen molar-refractivity contribution in [3.63, 3.8) is 0 Å². The third-order valence-corrected chi connectivity index (χ3v) is 4.12. The van der Waals surface area contributed by atoms with Gasteiger partial charge in [-0.2, -0.15) is 0 Å². The highest BCUT2D eigenvalue weighted by Gasteiger charge is 2.22. The molecule has 1 aromatic rings. The highest BCUT2D eigenvalue weighted by Crippen LogP contribution is 2.18. The Bertz CT molecular complexity index is 524. The van der Waals surface area contributed by atoms with Gasteiger partial charge in [0.15, 0.2) is 0 Å². The Labute approximate surface area is 125 Å². The highest BCUT2D eigenvalue weighted by atomic mass is 79.9. The van der Waals surface area contributed by atoms with Crippen LogP contribution in [-0.2, 0) is 7.05 Å². The number of rotatable bonds is 2. The number of piperidine rings is 1. The fourth-order valence-corrected chi connectivity index (χ4v) is 2.79. The number of aryl methyl sites for hydroxylation is 1. The van der Waals surface area contributed by atoms with Crippen LogP contribution >= 0.6 is 15.9 Å². The van der Waals surface area contributed by atoms with Gasteiger partial charge in [-0.05, 0) is 40.8 Å². The largest absolute Gasteiger partial charge is 0.396 e. The molecule has 2 heterocycles. The first kappa shape index (κ1) is 15.1. The SMILES string of the molecule is Cn1cc(NC(=O)N2CCC(CO)CC2)cc(Br)c1=O. The lowest BCUT2D eigenvalue weighted by molar-refractivity contribution is 0.143. The molecular formula is C13H18BrN3O3. The maximum absolute atomic E-state index is 12.1. The van der Waals surface area contributed by atoms with Crippen molar-refractivity contribution in [3.8, 4) is 0 Å². The number of halogens is 1. The summed E-state index contributed by atoms with van der Waals surface area (Å²) >= 11 is 3.17. The summed E-state index contributed by atoms with van der Waals surface area (Å²) in [5.41, 5.74) is 0.431. The molecule has 7 heteroatoms. The van der Waals surface area contributed by atoms with Gasteiger partial charge in [-0.3, -0.25) is 4.79 Å². The predicted octanol–water partition coefficient (Wildman–Crippen LogP) is 1.38. The molecule has 0 radical (unpaired) electrons. The number of hydrogen-bond acceptors (Lipinski definition) is 3. The van der Waals surface area contributed by atoms with Crippen LogP contribution in [0.4, 0.5) is 10.5 Å². The first-order valence-electron chi connectivity index (χ1n) is 6.54. The van der Waals surface area contributed by atoms with Gasteiger partial charge in [-0.25, -0.2) is 4.79 Å². The van der Waals surface area contributed by atoms with Crippen LogP contribution in [0.15, 0.2) is 21.5 Å². The van der Waals surface area contributed by atoms with Crippen LogP contribution in [0.3, 0.4) is 0 Å². The predicted molar refractivity (Wildman–Crippen MR) is 79.8 cm³/mol. The smallest absolute Gasteiger partial charge is 0.321 e. The third-order valence-electron chi connectivity index (χ3n) is 3.55. The zero-order valence-corrected chi connectivity index (χ0v) is 12.9. The van der Waals surface area contributed by atoms with Crippen molar-refractivity contribution in [3.05, 3.63) is 27.1 Å². The Hall–Kier alpha value is -1.34. The number of likely N-dealkylation sites (tertiary alicyclic amines) is 1. The number of anilines is 1. The minimum Gasteiger partial charge on any atom is -0.396 e. The van der Waals surface area contributed by atoms with Crippen molar-refractivity contribution >= 4 is 27.6 Å². The number of urea groups is 1. The molecule has 2 amide bonds. The van der Waals surface area contributed by atoms with E-state index in [1.54, 1.807) is 24.2 Å². The topological polar surface area (TPSA) is 74.6 Å². The summed E-state index contributed by atoms with van der Waals surface area (Å²) in [4.78, 5) is 25.4. The Morgan fingerprint density at radius 1 is 1.50 bits per heavy atom. The van der Waals surface area contributed by atoms with E-state index in [-0.39, 0.29) is 18.2 Å². The number of nitrogens with one attached hydrogen (secondary N) is 1. The molecule has 1 aromatic heterocycles. The number of pyridine rings is 1. The quantitative estimate of drug-likeness (QED) is 0.851. The van der Waals surface area contributed by atoms with E-state index >= 15 is 0 Å². The van der Waals surface area contributed by atoms with E-state index in [1.807, 2.05) is 0 Å². The van der Waals surface area contributed by atoms with Crippen LogP contribution in [0, 0.1) is 5.92 Å². The molecule has 0 bridgehead atoms. The molecule has 0 spiro atoms. The normalized spacial score (nSPS) is 16.2. The molecule has 0 aliphatic carbocycles. The Morgan fingerprint density at radius 2 is 2.15 bits per heavy atom. The molecule has 0 saturated carbocycles. The Balaban J connectivity index is 2.00. The van der Waals surface area contributed by atoms with Gasteiger partial charge in [0.2, 0.25) is 0 Å². The number of nitrogens with zero attached hydrogens (tertiary/aromatic N) is 2. The molecule has 1 fully saturated rings. The van der Waals surface area contributed by atoms with Crippen molar-refractivity contribution in [2.24, 2.45) is 13.0 Å². The molecule has 1 aliphatic rings. The second kappa shape index (κ2) is 6.41. The average Bonchev–Trinajstić information content (AvgIpc) is 2.44. The first-order chi connectivity index (χ1) is 9.51. The summed E-state index contributed by atoms with van der Waals surface area (Å²) in [5, 5.41) is 11.9. The van der Waals surface area contributed by atoms with Crippen LogP contribution in [0.25, 0.3) is 0 Å². The summed E-state index contributed by atoms with van der Waals surface area (Å²) < 4.78 is 1.83.